The molecule has 1 saturated carbocycles. The van der Waals surface area contributed by atoms with E-state index >= 15 is 0 Å². The van der Waals surface area contributed by atoms with Gasteiger partial charge < -0.3 is 15.3 Å². The number of carbonyl (C=O) groups is 3. The van der Waals surface area contributed by atoms with Crippen molar-refractivity contribution in [3.05, 3.63) is 42.0 Å². The summed E-state index contributed by atoms with van der Waals surface area (Å²) in [6, 6.07) is 6.94. The molecule has 142 valence electrons. The van der Waals surface area contributed by atoms with Gasteiger partial charge in [-0.1, -0.05) is 18.2 Å². The molecular weight excluding hydrogens is 344 g/mol. The third kappa shape index (κ3) is 3.36. The van der Waals surface area contributed by atoms with Crippen molar-refractivity contribution in [1.29, 1.82) is 0 Å². The third-order valence-corrected chi connectivity index (χ3v) is 6.07. The van der Waals surface area contributed by atoms with E-state index in [0.717, 1.165) is 38.8 Å². The van der Waals surface area contributed by atoms with Gasteiger partial charge in [-0.25, -0.2) is 0 Å². The third-order valence-electron chi connectivity index (χ3n) is 6.07. The summed E-state index contributed by atoms with van der Waals surface area (Å²) in [5, 5.41) is 12.4. The normalized spacial score (nSPS) is 29.0. The highest BCUT2D eigenvalue weighted by molar-refractivity contribution is 5.99. The average Bonchev–Trinajstić information content (AvgIpc) is 3.30. The minimum Gasteiger partial charge on any atom is -0.481 e. The number of fused-ring (bicyclic) bond motifs is 2. The summed E-state index contributed by atoms with van der Waals surface area (Å²) in [5.74, 6) is -2.51. The largest absolute Gasteiger partial charge is 0.481 e. The molecule has 3 aliphatic rings. The van der Waals surface area contributed by atoms with Gasteiger partial charge in [0, 0.05) is 24.3 Å². The second-order valence-electron chi connectivity index (χ2n) is 7.76. The number of rotatable bonds is 4. The number of nitrogens with zero attached hydrogens (tertiary/aromatic N) is 1. The highest BCUT2D eigenvalue weighted by Crippen LogP contribution is 2.48. The summed E-state index contributed by atoms with van der Waals surface area (Å²) in [6.07, 6.45) is 7.81. The number of allylic oxidation sites excluding steroid dienone is 2. The van der Waals surface area contributed by atoms with Crippen LogP contribution >= 0.6 is 0 Å². The quantitative estimate of drug-likeness (QED) is 0.800. The number of carboxylic acids is 1. The van der Waals surface area contributed by atoms with E-state index in [0.29, 0.717) is 11.3 Å². The zero-order valence-electron chi connectivity index (χ0n) is 15.1. The van der Waals surface area contributed by atoms with Gasteiger partial charge in [-0.3, -0.25) is 14.4 Å². The van der Waals surface area contributed by atoms with Crippen LogP contribution in [0.3, 0.4) is 0 Å². The summed E-state index contributed by atoms with van der Waals surface area (Å²) >= 11 is 0. The predicted molar refractivity (Wildman–Crippen MR) is 100 cm³/mol. The van der Waals surface area contributed by atoms with E-state index in [-0.39, 0.29) is 23.7 Å². The lowest BCUT2D eigenvalue weighted by atomic mass is 9.82. The molecule has 2 fully saturated rings. The molecule has 6 heteroatoms. The van der Waals surface area contributed by atoms with E-state index in [1.165, 1.54) is 0 Å². The van der Waals surface area contributed by atoms with Crippen molar-refractivity contribution in [2.75, 3.05) is 18.4 Å². The number of nitrogens with one attached hydrogen (secondary N) is 1. The van der Waals surface area contributed by atoms with Crippen LogP contribution in [0, 0.1) is 23.7 Å². The van der Waals surface area contributed by atoms with Gasteiger partial charge in [-0.15, -0.1) is 0 Å². The lowest BCUT2D eigenvalue weighted by Gasteiger charge is -2.27. The molecular formula is C21H24N2O4. The van der Waals surface area contributed by atoms with Crippen LogP contribution < -0.4 is 5.32 Å². The maximum Gasteiger partial charge on any atom is 0.307 e. The Morgan fingerprint density at radius 2 is 1.70 bits per heavy atom. The molecule has 1 heterocycles. The van der Waals surface area contributed by atoms with Crippen molar-refractivity contribution in [2.24, 2.45) is 23.7 Å². The topological polar surface area (TPSA) is 86.7 Å². The smallest absolute Gasteiger partial charge is 0.307 e. The van der Waals surface area contributed by atoms with Crippen molar-refractivity contribution in [2.45, 2.75) is 25.7 Å². The lowest BCUT2D eigenvalue weighted by molar-refractivity contribution is -0.146. The molecule has 2 N–H and O–H groups in total. The van der Waals surface area contributed by atoms with E-state index in [1.54, 1.807) is 24.3 Å². The van der Waals surface area contributed by atoms with Gasteiger partial charge in [0.2, 0.25) is 5.91 Å². The van der Waals surface area contributed by atoms with Gasteiger partial charge in [0.25, 0.3) is 5.91 Å². The SMILES string of the molecule is O=C(O)[C@@H]1[C@H](C(=O)Nc2cccc(C(=O)N3CCCCC3)c2)[C@H]2C=C[C@H]1C2. The lowest BCUT2D eigenvalue weighted by Crippen LogP contribution is -2.36. The first-order valence-corrected chi connectivity index (χ1v) is 9.66. The minimum absolute atomic E-state index is 0.0166. The average molecular weight is 368 g/mol. The fourth-order valence-electron chi connectivity index (χ4n) is 4.75. The molecule has 27 heavy (non-hydrogen) atoms. The summed E-state index contributed by atoms with van der Waals surface area (Å²) < 4.78 is 0. The van der Waals surface area contributed by atoms with Gasteiger partial charge in [-0.2, -0.15) is 0 Å². The van der Waals surface area contributed by atoms with Crippen molar-refractivity contribution < 1.29 is 19.5 Å². The molecule has 0 aromatic heterocycles. The summed E-state index contributed by atoms with van der Waals surface area (Å²) in [7, 11) is 0. The molecule has 2 bridgehead atoms. The molecule has 0 unspecified atom stereocenters. The molecule has 4 rings (SSSR count). The fourth-order valence-corrected chi connectivity index (χ4v) is 4.75. The first-order valence-electron chi connectivity index (χ1n) is 9.66. The van der Waals surface area contributed by atoms with Gasteiger partial charge in [0.15, 0.2) is 0 Å². The van der Waals surface area contributed by atoms with Gasteiger partial charge in [0.1, 0.15) is 0 Å². The summed E-state index contributed by atoms with van der Waals surface area (Å²) in [6.45, 7) is 1.54. The molecule has 4 atom stereocenters. The van der Waals surface area contributed by atoms with Crippen LogP contribution in [0.1, 0.15) is 36.0 Å². The van der Waals surface area contributed by atoms with Gasteiger partial charge in [-0.05, 0) is 55.7 Å². The standard InChI is InChI=1S/C21H24N2O4/c24-19(17-13-7-8-14(11-13)18(17)21(26)27)22-16-6-4-5-15(12-16)20(25)23-9-2-1-3-10-23/h4-8,12-14,17-18H,1-3,9-11H2,(H,22,24)(H,26,27)/t13-,14-,17+,18-/m0/s1. The molecule has 0 radical (unpaired) electrons. The second kappa shape index (κ2) is 7.18. The molecule has 0 spiro atoms. The molecule has 1 saturated heterocycles. The number of benzene rings is 1. The highest BCUT2D eigenvalue weighted by Gasteiger charge is 2.51. The monoisotopic (exact) mass is 368 g/mol. The van der Waals surface area contributed by atoms with E-state index in [2.05, 4.69) is 5.32 Å². The number of hydrogen-bond donors (Lipinski definition) is 2. The number of carbonyl (C=O) groups excluding carboxylic acids is 2. The number of carboxylic acid groups (broad SMARTS) is 1. The Bertz CT molecular complexity index is 797. The van der Waals surface area contributed by atoms with Crippen molar-refractivity contribution in [3.8, 4) is 0 Å². The predicted octanol–water partition coefficient (Wildman–Crippen LogP) is 2.77. The Kier molecular flexibility index (Phi) is 4.72. The second-order valence-corrected chi connectivity index (χ2v) is 7.76. The van der Waals surface area contributed by atoms with Crippen molar-refractivity contribution in [1.82, 2.24) is 4.90 Å². The molecule has 2 aliphatic carbocycles. The number of aliphatic carboxylic acids is 1. The molecule has 1 aromatic rings. The number of likely N-dealkylation sites (tertiary alicyclic amines) is 1. The Morgan fingerprint density at radius 1 is 1.00 bits per heavy atom. The molecule has 6 nitrogen and oxygen atoms in total. The van der Waals surface area contributed by atoms with Crippen LogP contribution in [0.2, 0.25) is 0 Å². The Hall–Kier alpha value is -2.63. The van der Waals surface area contributed by atoms with Gasteiger partial charge in [0.05, 0.1) is 11.8 Å². The molecule has 1 aromatic carbocycles. The maximum absolute atomic E-state index is 12.8. The van der Waals surface area contributed by atoms with E-state index in [9.17, 15) is 19.5 Å². The van der Waals surface area contributed by atoms with E-state index < -0.39 is 17.8 Å². The Balaban J connectivity index is 1.48. The zero-order valence-corrected chi connectivity index (χ0v) is 15.1. The zero-order chi connectivity index (χ0) is 19.0. The Morgan fingerprint density at radius 3 is 2.41 bits per heavy atom. The van der Waals surface area contributed by atoms with Crippen LogP contribution in [-0.4, -0.2) is 40.9 Å². The van der Waals surface area contributed by atoms with Crippen LogP contribution in [0.4, 0.5) is 5.69 Å². The van der Waals surface area contributed by atoms with Crippen molar-refractivity contribution >= 4 is 23.5 Å². The summed E-state index contributed by atoms with van der Waals surface area (Å²) in [5.41, 5.74) is 1.09. The number of anilines is 1. The summed E-state index contributed by atoms with van der Waals surface area (Å²) in [4.78, 5) is 38.9. The van der Waals surface area contributed by atoms with Crippen LogP contribution in [0.25, 0.3) is 0 Å². The molecule has 2 amide bonds. The number of amides is 2. The van der Waals surface area contributed by atoms with Gasteiger partial charge >= 0.3 is 5.97 Å². The fraction of sp³-hybridized carbons (Fsp3) is 0.476. The van der Waals surface area contributed by atoms with E-state index in [4.69, 9.17) is 0 Å². The van der Waals surface area contributed by atoms with Crippen LogP contribution in [0.5, 0.6) is 0 Å². The highest BCUT2D eigenvalue weighted by atomic mass is 16.4. The van der Waals surface area contributed by atoms with Crippen LogP contribution in [-0.2, 0) is 9.59 Å². The number of piperidine rings is 1. The minimum atomic E-state index is -0.916. The Labute approximate surface area is 158 Å². The maximum atomic E-state index is 12.8. The molecule has 1 aliphatic heterocycles. The van der Waals surface area contributed by atoms with E-state index in [1.807, 2.05) is 17.1 Å². The van der Waals surface area contributed by atoms with Crippen molar-refractivity contribution in [3.63, 3.8) is 0 Å². The first-order chi connectivity index (χ1) is 13.0. The number of hydrogen-bond acceptors (Lipinski definition) is 3. The first kappa shape index (κ1) is 17.8. The van der Waals surface area contributed by atoms with Crippen LogP contribution in [0.15, 0.2) is 36.4 Å².